The first-order chi connectivity index (χ1) is 12.9. The fourth-order valence-corrected chi connectivity index (χ4v) is 4.22. The SMILES string of the molecule is CC(C)N(C(=O)CN1CCN(Cc2nc(-c3cccs3)no2)CC1)C(C)C. The van der Waals surface area contributed by atoms with Crippen LogP contribution < -0.4 is 0 Å². The molecule has 3 rings (SSSR count). The van der Waals surface area contributed by atoms with Gasteiger partial charge in [0.2, 0.25) is 17.6 Å². The fourth-order valence-electron chi connectivity index (χ4n) is 3.57. The first-order valence-corrected chi connectivity index (χ1v) is 10.4. The zero-order valence-electron chi connectivity index (χ0n) is 16.6. The Kier molecular flexibility index (Phi) is 6.62. The van der Waals surface area contributed by atoms with Crippen molar-refractivity contribution < 1.29 is 9.32 Å². The summed E-state index contributed by atoms with van der Waals surface area (Å²) in [6.45, 7) is 13.0. The minimum atomic E-state index is 0.214. The van der Waals surface area contributed by atoms with Gasteiger partial charge in [-0.05, 0) is 39.1 Å². The Balaban J connectivity index is 1.47. The molecule has 0 aromatic carbocycles. The van der Waals surface area contributed by atoms with Crippen LogP contribution in [0.1, 0.15) is 33.6 Å². The number of thiophene rings is 1. The van der Waals surface area contributed by atoms with Crippen LogP contribution in [0.4, 0.5) is 0 Å². The van der Waals surface area contributed by atoms with E-state index in [1.165, 1.54) is 0 Å². The summed E-state index contributed by atoms with van der Waals surface area (Å²) in [4.78, 5) is 24.6. The van der Waals surface area contributed by atoms with Crippen LogP contribution in [0.15, 0.2) is 22.0 Å². The largest absolute Gasteiger partial charge is 0.338 e. The Bertz CT molecular complexity index is 712. The van der Waals surface area contributed by atoms with Crippen molar-refractivity contribution in [2.75, 3.05) is 32.7 Å². The van der Waals surface area contributed by atoms with Gasteiger partial charge in [0.25, 0.3) is 0 Å². The average Bonchev–Trinajstić information content (AvgIpc) is 3.27. The normalized spacial score (nSPS) is 16.4. The molecule has 8 heteroatoms. The third-order valence-corrected chi connectivity index (χ3v) is 5.66. The molecule has 3 heterocycles. The maximum atomic E-state index is 12.6. The van der Waals surface area contributed by atoms with Crippen molar-refractivity contribution in [1.82, 2.24) is 24.8 Å². The van der Waals surface area contributed by atoms with Gasteiger partial charge in [0.05, 0.1) is 18.0 Å². The maximum Gasteiger partial charge on any atom is 0.241 e. The summed E-state index contributed by atoms with van der Waals surface area (Å²) in [7, 11) is 0. The molecule has 7 nitrogen and oxygen atoms in total. The number of carbonyl (C=O) groups is 1. The summed E-state index contributed by atoms with van der Waals surface area (Å²) in [5.74, 6) is 1.52. The van der Waals surface area contributed by atoms with Crippen LogP contribution in [0.25, 0.3) is 10.7 Å². The van der Waals surface area contributed by atoms with Gasteiger partial charge in [-0.25, -0.2) is 0 Å². The Morgan fingerprint density at radius 1 is 1.19 bits per heavy atom. The molecule has 27 heavy (non-hydrogen) atoms. The Hall–Kier alpha value is -1.77. The lowest BCUT2D eigenvalue weighted by Crippen LogP contribution is -2.52. The van der Waals surface area contributed by atoms with E-state index in [0.717, 1.165) is 31.1 Å². The van der Waals surface area contributed by atoms with Crippen LogP contribution in [0, 0.1) is 0 Å². The molecule has 1 saturated heterocycles. The van der Waals surface area contributed by atoms with E-state index < -0.39 is 0 Å². The van der Waals surface area contributed by atoms with Gasteiger partial charge in [0.1, 0.15) is 0 Å². The molecule has 0 aliphatic carbocycles. The van der Waals surface area contributed by atoms with Crippen molar-refractivity contribution in [3.63, 3.8) is 0 Å². The standard InChI is InChI=1S/C19H29N5O2S/c1-14(2)24(15(3)4)18(25)13-23-9-7-22(8-10-23)12-17-20-19(21-26-17)16-6-5-11-27-16/h5-6,11,14-15H,7-10,12-13H2,1-4H3. The van der Waals surface area contributed by atoms with E-state index in [4.69, 9.17) is 4.52 Å². The third kappa shape index (κ3) is 5.15. The smallest absolute Gasteiger partial charge is 0.241 e. The summed E-state index contributed by atoms with van der Waals surface area (Å²) in [6, 6.07) is 4.44. The second-order valence-corrected chi connectivity index (χ2v) is 8.48. The topological polar surface area (TPSA) is 65.7 Å². The van der Waals surface area contributed by atoms with Gasteiger partial charge < -0.3 is 9.42 Å². The van der Waals surface area contributed by atoms with Crippen molar-refractivity contribution >= 4 is 17.2 Å². The second kappa shape index (κ2) is 8.95. The minimum absolute atomic E-state index is 0.214. The van der Waals surface area contributed by atoms with Gasteiger partial charge in [-0.3, -0.25) is 14.6 Å². The summed E-state index contributed by atoms with van der Waals surface area (Å²) in [5.41, 5.74) is 0. The van der Waals surface area contributed by atoms with Gasteiger partial charge in [-0.1, -0.05) is 11.2 Å². The molecule has 148 valence electrons. The van der Waals surface area contributed by atoms with E-state index in [0.29, 0.717) is 24.8 Å². The number of carbonyl (C=O) groups excluding carboxylic acids is 1. The lowest BCUT2D eigenvalue weighted by atomic mass is 10.2. The Morgan fingerprint density at radius 2 is 1.85 bits per heavy atom. The summed E-state index contributed by atoms with van der Waals surface area (Å²) >= 11 is 1.61. The fraction of sp³-hybridized carbons (Fsp3) is 0.632. The van der Waals surface area contributed by atoms with E-state index >= 15 is 0 Å². The molecule has 0 atom stereocenters. The molecular formula is C19H29N5O2S. The predicted molar refractivity (Wildman–Crippen MR) is 106 cm³/mol. The van der Waals surface area contributed by atoms with E-state index in [1.54, 1.807) is 11.3 Å². The van der Waals surface area contributed by atoms with Gasteiger partial charge in [0.15, 0.2) is 0 Å². The summed E-state index contributed by atoms with van der Waals surface area (Å²) in [5, 5.41) is 6.07. The molecule has 1 amide bonds. The summed E-state index contributed by atoms with van der Waals surface area (Å²) in [6.07, 6.45) is 0. The molecule has 0 radical (unpaired) electrons. The predicted octanol–water partition coefficient (Wildman–Crippen LogP) is 2.56. The Morgan fingerprint density at radius 3 is 2.44 bits per heavy atom. The van der Waals surface area contributed by atoms with E-state index in [-0.39, 0.29) is 18.0 Å². The highest BCUT2D eigenvalue weighted by Gasteiger charge is 2.25. The lowest BCUT2D eigenvalue weighted by Gasteiger charge is -2.36. The number of piperazine rings is 1. The second-order valence-electron chi connectivity index (χ2n) is 7.53. The molecule has 1 aliphatic rings. The average molecular weight is 392 g/mol. The van der Waals surface area contributed by atoms with Crippen molar-refractivity contribution in [3.05, 3.63) is 23.4 Å². The van der Waals surface area contributed by atoms with Crippen LogP contribution in [-0.2, 0) is 11.3 Å². The van der Waals surface area contributed by atoms with Crippen LogP contribution in [0.3, 0.4) is 0 Å². The highest BCUT2D eigenvalue weighted by Crippen LogP contribution is 2.21. The molecular weight excluding hydrogens is 362 g/mol. The number of rotatable bonds is 7. The van der Waals surface area contributed by atoms with E-state index in [2.05, 4.69) is 47.6 Å². The van der Waals surface area contributed by atoms with Crippen LogP contribution in [-0.4, -0.2) is 75.6 Å². The third-order valence-electron chi connectivity index (χ3n) is 4.79. The molecule has 0 unspecified atom stereocenters. The van der Waals surface area contributed by atoms with Crippen molar-refractivity contribution in [2.24, 2.45) is 0 Å². The lowest BCUT2D eigenvalue weighted by molar-refractivity contribution is -0.136. The zero-order valence-corrected chi connectivity index (χ0v) is 17.4. The molecule has 2 aromatic heterocycles. The first kappa shape index (κ1) is 20.0. The highest BCUT2D eigenvalue weighted by molar-refractivity contribution is 7.13. The highest BCUT2D eigenvalue weighted by atomic mass is 32.1. The number of aromatic nitrogens is 2. The van der Waals surface area contributed by atoms with E-state index in [1.807, 2.05) is 22.4 Å². The van der Waals surface area contributed by atoms with Gasteiger partial charge >= 0.3 is 0 Å². The van der Waals surface area contributed by atoms with E-state index in [9.17, 15) is 4.79 Å². The van der Waals surface area contributed by atoms with Crippen LogP contribution in [0.2, 0.25) is 0 Å². The molecule has 1 aliphatic heterocycles. The number of hydrogen-bond donors (Lipinski definition) is 0. The minimum Gasteiger partial charge on any atom is -0.338 e. The van der Waals surface area contributed by atoms with Crippen molar-refractivity contribution in [2.45, 2.75) is 46.3 Å². The molecule has 0 saturated carbocycles. The number of hydrogen-bond acceptors (Lipinski definition) is 7. The molecule has 2 aromatic rings. The monoisotopic (exact) mass is 391 g/mol. The van der Waals surface area contributed by atoms with Gasteiger partial charge in [0, 0.05) is 38.3 Å². The quantitative estimate of drug-likeness (QED) is 0.723. The van der Waals surface area contributed by atoms with Crippen molar-refractivity contribution in [1.29, 1.82) is 0 Å². The van der Waals surface area contributed by atoms with Crippen molar-refractivity contribution in [3.8, 4) is 10.7 Å². The maximum absolute atomic E-state index is 12.6. The molecule has 0 spiro atoms. The summed E-state index contributed by atoms with van der Waals surface area (Å²) < 4.78 is 5.40. The number of nitrogens with zero attached hydrogens (tertiary/aromatic N) is 5. The van der Waals surface area contributed by atoms with Crippen LogP contribution >= 0.6 is 11.3 Å². The first-order valence-electron chi connectivity index (χ1n) is 9.56. The molecule has 0 bridgehead atoms. The zero-order chi connectivity index (χ0) is 19.4. The van der Waals surface area contributed by atoms with Gasteiger partial charge in [-0.2, -0.15) is 4.98 Å². The van der Waals surface area contributed by atoms with Gasteiger partial charge in [-0.15, -0.1) is 11.3 Å². The van der Waals surface area contributed by atoms with Crippen LogP contribution in [0.5, 0.6) is 0 Å². The molecule has 0 N–H and O–H groups in total. The number of amides is 1. The molecule has 1 fully saturated rings. The Labute approximate surface area is 164 Å².